The lowest BCUT2D eigenvalue weighted by molar-refractivity contribution is -0.140. The fourth-order valence-electron chi connectivity index (χ4n) is 2.31. The molecule has 0 aromatic carbocycles. The van der Waals surface area contributed by atoms with Crippen molar-refractivity contribution in [2.75, 3.05) is 6.54 Å². The molecule has 1 fully saturated rings. The first kappa shape index (κ1) is 17.5. The van der Waals surface area contributed by atoms with Gasteiger partial charge in [-0.05, 0) is 25.7 Å². The van der Waals surface area contributed by atoms with Gasteiger partial charge in [0.05, 0.1) is 12.0 Å². The molecule has 0 spiro atoms. The smallest absolute Gasteiger partial charge is 0.305 e. The topological polar surface area (TPSA) is 95.5 Å². The van der Waals surface area contributed by atoms with Crippen LogP contribution < -0.4 is 10.6 Å². The molecule has 0 aromatic rings. The lowest BCUT2D eigenvalue weighted by Crippen LogP contribution is -2.54. The van der Waals surface area contributed by atoms with Gasteiger partial charge < -0.3 is 15.7 Å². The van der Waals surface area contributed by atoms with Crippen LogP contribution in [0.25, 0.3) is 0 Å². The molecule has 6 nitrogen and oxygen atoms in total. The summed E-state index contributed by atoms with van der Waals surface area (Å²) in [7, 11) is 0. The Morgan fingerprint density at radius 2 is 1.81 bits per heavy atom. The average molecular weight is 298 g/mol. The van der Waals surface area contributed by atoms with E-state index in [1.807, 2.05) is 20.8 Å². The first-order chi connectivity index (χ1) is 9.65. The second-order valence-electron chi connectivity index (χ2n) is 6.86. The van der Waals surface area contributed by atoms with Crippen LogP contribution in [-0.2, 0) is 14.4 Å². The zero-order valence-corrected chi connectivity index (χ0v) is 13.1. The summed E-state index contributed by atoms with van der Waals surface area (Å²) in [5.74, 6) is -1.06. The van der Waals surface area contributed by atoms with E-state index in [4.69, 9.17) is 5.11 Å². The second kappa shape index (κ2) is 6.91. The van der Waals surface area contributed by atoms with Crippen molar-refractivity contribution in [3.05, 3.63) is 0 Å². The first-order valence-electron chi connectivity index (χ1n) is 7.46. The van der Waals surface area contributed by atoms with Gasteiger partial charge in [-0.1, -0.05) is 20.8 Å². The summed E-state index contributed by atoms with van der Waals surface area (Å²) in [5.41, 5.74) is -0.975. The minimum Gasteiger partial charge on any atom is -0.481 e. The highest BCUT2D eigenvalue weighted by Crippen LogP contribution is 2.34. The summed E-state index contributed by atoms with van der Waals surface area (Å²) in [6, 6.07) is 0. The third kappa shape index (κ3) is 5.73. The van der Waals surface area contributed by atoms with E-state index in [9.17, 15) is 14.4 Å². The Labute approximate surface area is 125 Å². The summed E-state index contributed by atoms with van der Waals surface area (Å²) >= 11 is 0. The number of rotatable bonds is 7. The molecule has 1 saturated carbocycles. The number of carboxylic acids is 1. The molecule has 0 unspecified atom stereocenters. The van der Waals surface area contributed by atoms with Gasteiger partial charge in [0.15, 0.2) is 0 Å². The van der Waals surface area contributed by atoms with Crippen LogP contribution >= 0.6 is 0 Å². The van der Waals surface area contributed by atoms with Crippen LogP contribution in [0, 0.1) is 5.41 Å². The van der Waals surface area contributed by atoms with Gasteiger partial charge in [-0.15, -0.1) is 0 Å². The first-order valence-corrected chi connectivity index (χ1v) is 7.46. The molecule has 2 amide bonds. The van der Waals surface area contributed by atoms with Crippen LogP contribution in [0.3, 0.4) is 0 Å². The maximum atomic E-state index is 11.9. The molecule has 1 aliphatic carbocycles. The molecule has 21 heavy (non-hydrogen) atoms. The summed E-state index contributed by atoms with van der Waals surface area (Å²) in [6.07, 6.45) is 3.24. The highest BCUT2D eigenvalue weighted by Gasteiger charge is 2.40. The van der Waals surface area contributed by atoms with E-state index in [1.165, 1.54) is 0 Å². The van der Waals surface area contributed by atoms with Crippen molar-refractivity contribution < 1.29 is 19.5 Å². The molecule has 0 heterocycles. The number of carbonyl (C=O) groups excluding carboxylic acids is 2. The number of aliphatic carboxylic acids is 1. The van der Waals surface area contributed by atoms with Gasteiger partial charge >= 0.3 is 5.97 Å². The predicted molar refractivity (Wildman–Crippen MR) is 78.7 cm³/mol. The van der Waals surface area contributed by atoms with Crippen LogP contribution in [0.5, 0.6) is 0 Å². The van der Waals surface area contributed by atoms with Crippen molar-refractivity contribution in [2.45, 2.75) is 64.8 Å². The number of carboxylic acid groups (broad SMARTS) is 1. The van der Waals surface area contributed by atoms with Crippen LogP contribution in [0.2, 0.25) is 0 Å². The number of hydrogen-bond acceptors (Lipinski definition) is 3. The molecule has 0 aromatic heterocycles. The molecular formula is C15H26N2O4. The van der Waals surface area contributed by atoms with E-state index in [0.29, 0.717) is 19.4 Å². The highest BCUT2D eigenvalue weighted by molar-refractivity contribution is 5.81. The van der Waals surface area contributed by atoms with Gasteiger partial charge in [0.25, 0.3) is 0 Å². The van der Waals surface area contributed by atoms with Crippen molar-refractivity contribution in [3.8, 4) is 0 Å². The zero-order chi connectivity index (χ0) is 16.1. The van der Waals surface area contributed by atoms with Crippen molar-refractivity contribution in [1.82, 2.24) is 10.6 Å². The Morgan fingerprint density at radius 3 is 2.24 bits per heavy atom. The van der Waals surface area contributed by atoms with Crippen molar-refractivity contribution in [2.24, 2.45) is 5.41 Å². The van der Waals surface area contributed by atoms with E-state index in [0.717, 1.165) is 19.3 Å². The number of nitrogens with one attached hydrogen (secondary N) is 2. The number of hydrogen-bond donors (Lipinski definition) is 3. The summed E-state index contributed by atoms with van der Waals surface area (Å²) in [6.45, 7) is 5.96. The molecule has 0 bridgehead atoms. The highest BCUT2D eigenvalue weighted by atomic mass is 16.4. The minimum atomic E-state index is -0.882. The van der Waals surface area contributed by atoms with Gasteiger partial charge in [0.2, 0.25) is 11.8 Å². The molecule has 0 radical (unpaired) electrons. The Hall–Kier alpha value is -1.59. The molecular weight excluding hydrogens is 272 g/mol. The van der Waals surface area contributed by atoms with Gasteiger partial charge in [-0.2, -0.15) is 0 Å². The monoisotopic (exact) mass is 298 g/mol. The minimum absolute atomic E-state index is 0.0144. The Bertz CT molecular complexity index is 408. The molecule has 1 rings (SSSR count). The SMILES string of the molecule is CC(C)(C)C(=O)NCCCC(=O)NC1(CC(=O)O)CCC1. The summed E-state index contributed by atoms with van der Waals surface area (Å²) in [4.78, 5) is 34.3. The third-order valence-corrected chi connectivity index (χ3v) is 3.75. The lowest BCUT2D eigenvalue weighted by atomic mass is 9.74. The van der Waals surface area contributed by atoms with Gasteiger partial charge in [0, 0.05) is 18.4 Å². The quantitative estimate of drug-likeness (QED) is 0.620. The zero-order valence-electron chi connectivity index (χ0n) is 13.1. The van der Waals surface area contributed by atoms with E-state index < -0.39 is 16.9 Å². The van der Waals surface area contributed by atoms with Crippen molar-refractivity contribution in [1.29, 1.82) is 0 Å². The van der Waals surface area contributed by atoms with E-state index in [-0.39, 0.29) is 18.2 Å². The fourth-order valence-corrected chi connectivity index (χ4v) is 2.31. The average Bonchev–Trinajstić information content (AvgIpc) is 2.29. The maximum absolute atomic E-state index is 11.9. The molecule has 0 atom stereocenters. The molecule has 3 N–H and O–H groups in total. The lowest BCUT2D eigenvalue weighted by Gasteiger charge is -2.41. The van der Waals surface area contributed by atoms with Gasteiger partial charge in [0.1, 0.15) is 0 Å². The van der Waals surface area contributed by atoms with Gasteiger partial charge in [-0.25, -0.2) is 0 Å². The number of carbonyl (C=O) groups is 3. The van der Waals surface area contributed by atoms with Crippen LogP contribution in [0.1, 0.15) is 59.3 Å². The molecule has 1 aliphatic rings. The van der Waals surface area contributed by atoms with Crippen LogP contribution in [0.4, 0.5) is 0 Å². The fraction of sp³-hybridized carbons (Fsp3) is 0.800. The standard InChI is InChI=1S/C15H26N2O4/c1-14(2,3)13(21)16-9-4-6-11(18)17-15(7-5-8-15)10-12(19)20/h4-10H2,1-3H3,(H,16,21)(H,17,18)(H,19,20). The summed E-state index contributed by atoms with van der Waals surface area (Å²) < 4.78 is 0. The Balaban J connectivity index is 2.25. The van der Waals surface area contributed by atoms with Crippen LogP contribution in [0.15, 0.2) is 0 Å². The summed E-state index contributed by atoms with van der Waals surface area (Å²) in [5, 5.41) is 14.5. The molecule has 0 saturated heterocycles. The normalized spacial score (nSPS) is 16.7. The molecule has 0 aliphatic heterocycles. The van der Waals surface area contributed by atoms with E-state index >= 15 is 0 Å². The Kier molecular flexibility index (Phi) is 5.75. The van der Waals surface area contributed by atoms with Crippen LogP contribution in [-0.4, -0.2) is 35.0 Å². The largest absolute Gasteiger partial charge is 0.481 e. The van der Waals surface area contributed by atoms with E-state index in [1.54, 1.807) is 0 Å². The molecule has 6 heteroatoms. The molecule has 120 valence electrons. The second-order valence-corrected chi connectivity index (χ2v) is 6.86. The third-order valence-electron chi connectivity index (χ3n) is 3.75. The predicted octanol–water partition coefficient (Wildman–Crippen LogP) is 1.44. The Morgan fingerprint density at radius 1 is 1.19 bits per heavy atom. The van der Waals surface area contributed by atoms with Crippen molar-refractivity contribution >= 4 is 17.8 Å². The maximum Gasteiger partial charge on any atom is 0.305 e. The van der Waals surface area contributed by atoms with E-state index in [2.05, 4.69) is 10.6 Å². The number of amides is 2. The van der Waals surface area contributed by atoms with Gasteiger partial charge in [-0.3, -0.25) is 14.4 Å². The van der Waals surface area contributed by atoms with Crippen molar-refractivity contribution in [3.63, 3.8) is 0 Å².